The molecule has 1 aliphatic rings. The topological polar surface area (TPSA) is 24.5 Å². The summed E-state index contributed by atoms with van der Waals surface area (Å²) in [7, 11) is 3.39. The quantitative estimate of drug-likeness (QED) is 0.497. The molecule has 0 spiro atoms. The molecule has 1 rings (SSSR count). The summed E-state index contributed by atoms with van der Waals surface area (Å²) in [5, 5.41) is 5.43. The summed E-state index contributed by atoms with van der Waals surface area (Å²) in [5.74, 6) is 0. The number of nitrogens with one attached hydrogen (secondary N) is 1. The van der Waals surface area contributed by atoms with E-state index in [4.69, 9.17) is 17.1 Å². The molecule has 0 unspecified atom stereocenters. The van der Waals surface area contributed by atoms with Crippen molar-refractivity contribution in [1.82, 2.24) is 10.4 Å². The average Bonchev–Trinajstić information content (AvgIpc) is 2.66. The van der Waals surface area contributed by atoms with Crippen molar-refractivity contribution < 1.29 is 4.84 Å². The lowest BCUT2D eigenvalue weighted by Gasteiger charge is -2.21. The molecule has 1 N–H and O–H groups in total. The first-order valence-corrected chi connectivity index (χ1v) is 4.08. The molecule has 3 nitrogen and oxygen atoms in total. The van der Waals surface area contributed by atoms with Gasteiger partial charge in [-0.15, -0.1) is 0 Å². The Balaban J connectivity index is 2.31. The lowest BCUT2D eigenvalue weighted by atomic mass is 10.3. The van der Waals surface area contributed by atoms with E-state index in [9.17, 15) is 0 Å². The Bertz CT molecular complexity index is 168. The zero-order chi connectivity index (χ0) is 8.48. The minimum absolute atomic E-state index is 0.240. The predicted molar refractivity (Wildman–Crippen MR) is 48.1 cm³/mol. The summed E-state index contributed by atoms with van der Waals surface area (Å²) in [6.45, 7) is 2.16. The van der Waals surface area contributed by atoms with Crippen LogP contribution in [0.25, 0.3) is 0 Å². The molecule has 11 heavy (non-hydrogen) atoms. The van der Waals surface area contributed by atoms with E-state index in [1.165, 1.54) is 12.8 Å². The molecular formula is C7H14N2OS. The second kappa shape index (κ2) is 2.95. The van der Waals surface area contributed by atoms with Crippen LogP contribution < -0.4 is 5.32 Å². The second-order valence-corrected chi connectivity index (χ2v) is 3.56. The fraction of sp³-hybridized carbons (Fsp3) is 0.857. The van der Waals surface area contributed by atoms with Gasteiger partial charge >= 0.3 is 0 Å². The molecule has 0 aromatic heterocycles. The van der Waals surface area contributed by atoms with Crippen molar-refractivity contribution >= 4 is 17.3 Å². The number of nitrogens with zero attached hydrogens (tertiary/aromatic N) is 1. The van der Waals surface area contributed by atoms with Crippen molar-refractivity contribution in [3.8, 4) is 0 Å². The van der Waals surface area contributed by atoms with Gasteiger partial charge < -0.3 is 5.32 Å². The smallest absolute Gasteiger partial charge is 0.193 e. The summed E-state index contributed by atoms with van der Waals surface area (Å²) in [4.78, 5) is 4.92. The number of hydroxylamine groups is 2. The van der Waals surface area contributed by atoms with Crippen LogP contribution in [0.5, 0.6) is 0 Å². The molecule has 0 atom stereocenters. The van der Waals surface area contributed by atoms with Crippen LogP contribution in [0, 0.1) is 0 Å². The summed E-state index contributed by atoms with van der Waals surface area (Å²) >= 11 is 5.05. The van der Waals surface area contributed by atoms with Crippen LogP contribution in [0.15, 0.2) is 0 Å². The number of thiocarbonyl (C=S) groups is 1. The van der Waals surface area contributed by atoms with E-state index in [-0.39, 0.29) is 5.54 Å². The summed E-state index contributed by atoms with van der Waals surface area (Å²) < 4.78 is 0. The van der Waals surface area contributed by atoms with Crippen molar-refractivity contribution in [2.45, 2.75) is 25.3 Å². The number of hydrogen-bond donors (Lipinski definition) is 1. The second-order valence-electron chi connectivity index (χ2n) is 3.17. The van der Waals surface area contributed by atoms with Gasteiger partial charge in [-0.25, -0.2) is 5.06 Å². The lowest BCUT2D eigenvalue weighted by Crippen LogP contribution is -2.42. The third-order valence-electron chi connectivity index (χ3n) is 1.97. The first kappa shape index (κ1) is 8.74. The van der Waals surface area contributed by atoms with Crippen LogP contribution in [-0.4, -0.2) is 29.9 Å². The Morgan fingerprint density at radius 2 is 2.18 bits per heavy atom. The van der Waals surface area contributed by atoms with E-state index in [0.29, 0.717) is 5.11 Å². The maximum absolute atomic E-state index is 5.05. The molecule has 0 aromatic rings. The fourth-order valence-corrected chi connectivity index (χ4v) is 1.05. The highest BCUT2D eigenvalue weighted by molar-refractivity contribution is 7.80. The first-order valence-electron chi connectivity index (χ1n) is 3.67. The van der Waals surface area contributed by atoms with Gasteiger partial charge in [0.25, 0.3) is 0 Å². The first-order chi connectivity index (χ1) is 5.07. The molecule has 1 saturated carbocycles. The van der Waals surface area contributed by atoms with E-state index in [2.05, 4.69) is 12.2 Å². The van der Waals surface area contributed by atoms with Gasteiger partial charge in [-0.05, 0) is 32.0 Å². The molecule has 0 bridgehead atoms. The van der Waals surface area contributed by atoms with Crippen molar-refractivity contribution in [3.63, 3.8) is 0 Å². The Morgan fingerprint density at radius 3 is 2.55 bits per heavy atom. The van der Waals surface area contributed by atoms with Gasteiger partial charge in [-0.2, -0.15) is 0 Å². The molecule has 0 heterocycles. The minimum Gasteiger partial charge on any atom is -0.356 e. The standard InChI is InChI=1S/C7H14N2OS/c1-7(4-5-7)8-6(11)9(2)10-3/h4-5H2,1-3H3,(H,8,11). The molecule has 0 aromatic carbocycles. The van der Waals surface area contributed by atoms with Gasteiger partial charge in [0.05, 0.1) is 7.11 Å². The molecule has 1 aliphatic carbocycles. The third kappa shape index (κ3) is 2.31. The maximum Gasteiger partial charge on any atom is 0.193 e. The van der Waals surface area contributed by atoms with Crippen LogP contribution in [0.4, 0.5) is 0 Å². The van der Waals surface area contributed by atoms with Gasteiger partial charge in [0.2, 0.25) is 0 Å². The van der Waals surface area contributed by atoms with Crippen LogP contribution in [0.2, 0.25) is 0 Å². The highest BCUT2D eigenvalue weighted by Gasteiger charge is 2.38. The predicted octanol–water partition coefficient (Wildman–Crippen LogP) is 0.907. The van der Waals surface area contributed by atoms with Gasteiger partial charge in [-0.1, -0.05) is 0 Å². The largest absolute Gasteiger partial charge is 0.356 e. The molecule has 0 saturated heterocycles. The summed E-state index contributed by atoms with van der Waals surface area (Å²) in [6.07, 6.45) is 2.40. The van der Waals surface area contributed by atoms with E-state index < -0.39 is 0 Å². The zero-order valence-electron chi connectivity index (χ0n) is 7.18. The molecule has 0 aliphatic heterocycles. The van der Waals surface area contributed by atoms with Crippen LogP contribution in [-0.2, 0) is 4.84 Å². The van der Waals surface area contributed by atoms with E-state index in [1.54, 1.807) is 19.2 Å². The Kier molecular flexibility index (Phi) is 2.34. The highest BCUT2D eigenvalue weighted by Crippen LogP contribution is 2.34. The highest BCUT2D eigenvalue weighted by atomic mass is 32.1. The molecule has 0 amide bonds. The van der Waals surface area contributed by atoms with Gasteiger partial charge in [0.15, 0.2) is 5.11 Å². The SMILES string of the molecule is CON(C)C(=S)NC1(C)CC1. The Hall–Kier alpha value is -0.350. The maximum atomic E-state index is 5.05. The number of hydrogen-bond acceptors (Lipinski definition) is 2. The molecule has 4 heteroatoms. The summed E-state index contributed by atoms with van der Waals surface area (Å²) in [6, 6.07) is 0. The van der Waals surface area contributed by atoms with Crippen molar-refractivity contribution in [2.75, 3.05) is 14.2 Å². The van der Waals surface area contributed by atoms with Gasteiger partial charge in [-0.3, -0.25) is 4.84 Å². The van der Waals surface area contributed by atoms with Crippen molar-refractivity contribution in [2.24, 2.45) is 0 Å². The summed E-state index contributed by atoms with van der Waals surface area (Å²) in [5.41, 5.74) is 0.240. The van der Waals surface area contributed by atoms with E-state index in [0.717, 1.165) is 0 Å². The fourth-order valence-electron chi connectivity index (χ4n) is 0.732. The van der Waals surface area contributed by atoms with Crippen LogP contribution in [0.3, 0.4) is 0 Å². The van der Waals surface area contributed by atoms with Gasteiger partial charge in [0, 0.05) is 12.6 Å². The monoisotopic (exact) mass is 174 g/mol. The normalized spacial score (nSPS) is 19.2. The van der Waals surface area contributed by atoms with E-state index >= 15 is 0 Å². The van der Waals surface area contributed by atoms with Crippen LogP contribution >= 0.6 is 12.2 Å². The third-order valence-corrected chi connectivity index (χ3v) is 2.33. The molecule has 1 fully saturated rings. The Labute approximate surface area is 72.7 Å². The molecule has 0 radical (unpaired) electrons. The lowest BCUT2D eigenvalue weighted by molar-refractivity contribution is -0.0429. The van der Waals surface area contributed by atoms with Crippen LogP contribution in [0.1, 0.15) is 19.8 Å². The average molecular weight is 174 g/mol. The minimum atomic E-state index is 0.240. The molecular weight excluding hydrogens is 160 g/mol. The zero-order valence-corrected chi connectivity index (χ0v) is 7.99. The molecule has 64 valence electrons. The van der Waals surface area contributed by atoms with E-state index in [1.807, 2.05) is 0 Å². The number of rotatable bonds is 2. The van der Waals surface area contributed by atoms with Crippen molar-refractivity contribution in [1.29, 1.82) is 0 Å². The van der Waals surface area contributed by atoms with Gasteiger partial charge in [0.1, 0.15) is 0 Å². The Morgan fingerprint density at radius 1 is 1.64 bits per heavy atom. The van der Waals surface area contributed by atoms with Crippen molar-refractivity contribution in [3.05, 3.63) is 0 Å².